The molecule has 1 aromatic rings. The lowest BCUT2D eigenvalue weighted by Crippen LogP contribution is -2.21. The second-order valence-corrected chi connectivity index (χ2v) is 5.02. The lowest BCUT2D eigenvalue weighted by atomic mass is 10.1. The van der Waals surface area contributed by atoms with Gasteiger partial charge in [-0.3, -0.25) is 4.90 Å². The van der Waals surface area contributed by atoms with E-state index in [2.05, 4.69) is 4.90 Å². The topological polar surface area (TPSA) is 38.5 Å². The second-order valence-electron chi connectivity index (χ2n) is 5.02. The van der Waals surface area contributed by atoms with Gasteiger partial charge >= 0.3 is 0 Å². The summed E-state index contributed by atoms with van der Waals surface area (Å²) in [5, 5.41) is 0. The third-order valence-corrected chi connectivity index (χ3v) is 3.43. The van der Waals surface area contributed by atoms with E-state index in [1.54, 1.807) is 13.2 Å². The molecule has 0 aromatic heterocycles. The molecular formula is C14H21FN2O. The molecule has 100 valence electrons. The highest BCUT2D eigenvalue weighted by atomic mass is 19.1. The quantitative estimate of drug-likeness (QED) is 0.867. The van der Waals surface area contributed by atoms with Crippen molar-refractivity contribution in [2.75, 3.05) is 26.8 Å². The molecule has 1 aliphatic heterocycles. The van der Waals surface area contributed by atoms with E-state index in [9.17, 15) is 4.39 Å². The number of hydrogen-bond acceptors (Lipinski definition) is 3. The van der Waals surface area contributed by atoms with Crippen LogP contribution >= 0.6 is 0 Å². The maximum Gasteiger partial charge on any atom is 0.123 e. The van der Waals surface area contributed by atoms with Gasteiger partial charge in [-0.25, -0.2) is 4.39 Å². The fourth-order valence-electron chi connectivity index (χ4n) is 2.61. The van der Waals surface area contributed by atoms with E-state index in [-0.39, 0.29) is 5.82 Å². The van der Waals surface area contributed by atoms with Crippen LogP contribution in [0.3, 0.4) is 0 Å². The van der Waals surface area contributed by atoms with E-state index in [0.717, 1.165) is 43.8 Å². The third-order valence-electron chi connectivity index (χ3n) is 3.43. The van der Waals surface area contributed by atoms with Gasteiger partial charge in [0.05, 0.1) is 6.61 Å². The SMILES string of the molecule is COCC1CCN(Cc2cc(F)cc(CN)c2)C1. The molecule has 1 aliphatic rings. The molecule has 4 heteroatoms. The lowest BCUT2D eigenvalue weighted by molar-refractivity contribution is 0.152. The third kappa shape index (κ3) is 3.51. The zero-order valence-corrected chi connectivity index (χ0v) is 10.9. The van der Waals surface area contributed by atoms with Gasteiger partial charge in [-0.15, -0.1) is 0 Å². The van der Waals surface area contributed by atoms with Crippen molar-refractivity contribution >= 4 is 0 Å². The Kier molecular flexibility index (Phi) is 4.69. The second kappa shape index (κ2) is 6.27. The van der Waals surface area contributed by atoms with Gasteiger partial charge in [0.1, 0.15) is 5.82 Å². The molecule has 18 heavy (non-hydrogen) atoms. The van der Waals surface area contributed by atoms with Crippen molar-refractivity contribution in [2.45, 2.75) is 19.5 Å². The highest BCUT2D eigenvalue weighted by molar-refractivity contribution is 5.24. The molecule has 0 spiro atoms. The number of hydrogen-bond donors (Lipinski definition) is 1. The van der Waals surface area contributed by atoms with Crippen molar-refractivity contribution in [1.29, 1.82) is 0 Å². The molecule has 0 saturated carbocycles. The van der Waals surface area contributed by atoms with Crippen molar-refractivity contribution in [2.24, 2.45) is 11.7 Å². The summed E-state index contributed by atoms with van der Waals surface area (Å²) >= 11 is 0. The Balaban J connectivity index is 1.95. The van der Waals surface area contributed by atoms with Crippen LogP contribution in [0, 0.1) is 11.7 Å². The van der Waals surface area contributed by atoms with Crippen LogP contribution in [0.5, 0.6) is 0 Å². The summed E-state index contributed by atoms with van der Waals surface area (Å²) in [5.74, 6) is 0.415. The van der Waals surface area contributed by atoms with Crippen molar-refractivity contribution < 1.29 is 9.13 Å². The minimum atomic E-state index is -0.194. The normalized spacial score (nSPS) is 20.5. The maximum absolute atomic E-state index is 13.4. The van der Waals surface area contributed by atoms with Crippen molar-refractivity contribution in [1.82, 2.24) is 4.90 Å². The van der Waals surface area contributed by atoms with E-state index in [1.165, 1.54) is 6.07 Å². The molecule has 1 saturated heterocycles. The Morgan fingerprint density at radius 1 is 1.39 bits per heavy atom. The standard InChI is InChI=1S/C14H21FN2O/c1-18-10-11-2-3-17(8-11)9-13-4-12(7-16)5-14(15)6-13/h4-6,11H,2-3,7-10,16H2,1H3. The number of methoxy groups -OCH3 is 1. The van der Waals surface area contributed by atoms with Crippen molar-refractivity contribution in [3.05, 3.63) is 35.1 Å². The summed E-state index contributed by atoms with van der Waals surface area (Å²) in [4.78, 5) is 2.35. The van der Waals surface area contributed by atoms with Crippen LogP contribution in [-0.4, -0.2) is 31.7 Å². The van der Waals surface area contributed by atoms with Gasteiger partial charge < -0.3 is 10.5 Å². The first kappa shape index (κ1) is 13.5. The summed E-state index contributed by atoms with van der Waals surface area (Å²) in [7, 11) is 1.74. The first-order valence-electron chi connectivity index (χ1n) is 6.41. The highest BCUT2D eigenvalue weighted by Crippen LogP contribution is 2.19. The molecule has 0 aliphatic carbocycles. The van der Waals surface area contributed by atoms with Gasteiger partial charge in [-0.1, -0.05) is 6.07 Å². The average molecular weight is 252 g/mol. The van der Waals surface area contributed by atoms with Crippen LogP contribution in [0.25, 0.3) is 0 Å². The molecule has 0 radical (unpaired) electrons. The molecule has 1 heterocycles. The van der Waals surface area contributed by atoms with Crippen LogP contribution in [0.1, 0.15) is 17.5 Å². The Labute approximate surface area is 108 Å². The number of rotatable bonds is 5. The highest BCUT2D eigenvalue weighted by Gasteiger charge is 2.22. The zero-order valence-electron chi connectivity index (χ0n) is 10.9. The van der Waals surface area contributed by atoms with Crippen LogP contribution < -0.4 is 5.73 Å². The van der Waals surface area contributed by atoms with Crippen molar-refractivity contribution in [3.63, 3.8) is 0 Å². The Hall–Kier alpha value is -0.970. The van der Waals surface area contributed by atoms with E-state index < -0.39 is 0 Å². The number of likely N-dealkylation sites (tertiary alicyclic amines) is 1. The van der Waals surface area contributed by atoms with E-state index in [4.69, 9.17) is 10.5 Å². The first-order chi connectivity index (χ1) is 8.71. The van der Waals surface area contributed by atoms with Crippen LogP contribution in [-0.2, 0) is 17.8 Å². The number of nitrogens with two attached hydrogens (primary N) is 1. The molecule has 2 rings (SSSR count). The smallest absolute Gasteiger partial charge is 0.123 e. The average Bonchev–Trinajstić information content (AvgIpc) is 2.76. The number of halogens is 1. The predicted octanol–water partition coefficient (Wildman–Crippen LogP) is 1.75. The van der Waals surface area contributed by atoms with E-state index in [1.807, 2.05) is 6.07 Å². The van der Waals surface area contributed by atoms with Gasteiger partial charge in [0.2, 0.25) is 0 Å². The van der Waals surface area contributed by atoms with E-state index >= 15 is 0 Å². The molecule has 0 amide bonds. The van der Waals surface area contributed by atoms with Crippen LogP contribution in [0.4, 0.5) is 4.39 Å². The summed E-state index contributed by atoms with van der Waals surface area (Å²) < 4.78 is 18.6. The summed E-state index contributed by atoms with van der Waals surface area (Å²) in [6.07, 6.45) is 1.16. The van der Waals surface area contributed by atoms with Crippen LogP contribution in [0.15, 0.2) is 18.2 Å². The van der Waals surface area contributed by atoms with E-state index in [0.29, 0.717) is 12.5 Å². The first-order valence-corrected chi connectivity index (χ1v) is 6.41. The summed E-state index contributed by atoms with van der Waals surface area (Å²) in [6.45, 7) is 4.08. The predicted molar refractivity (Wildman–Crippen MR) is 69.6 cm³/mol. The number of nitrogens with zero attached hydrogens (tertiary/aromatic N) is 1. The van der Waals surface area contributed by atoms with Gasteiger partial charge in [0.15, 0.2) is 0 Å². The Morgan fingerprint density at radius 3 is 2.89 bits per heavy atom. The molecule has 0 bridgehead atoms. The monoisotopic (exact) mass is 252 g/mol. The molecule has 1 aromatic carbocycles. The minimum Gasteiger partial charge on any atom is -0.384 e. The zero-order chi connectivity index (χ0) is 13.0. The molecular weight excluding hydrogens is 231 g/mol. The number of ether oxygens (including phenoxy) is 1. The van der Waals surface area contributed by atoms with Crippen molar-refractivity contribution in [3.8, 4) is 0 Å². The maximum atomic E-state index is 13.4. The van der Waals surface area contributed by atoms with Crippen LogP contribution in [0.2, 0.25) is 0 Å². The summed E-state index contributed by atoms with van der Waals surface area (Å²) in [5.41, 5.74) is 7.43. The van der Waals surface area contributed by atoms with Gasteiger partial charge in [-0.2, -0.15) is 0 Å². The van der Waals surface area contributed by atoms with Gasteiger partial charge in [0, 0.05) is 26.7 Å². The molecule has 1 atom stereocenters. The largest absolute Gasteiger partial charge is 0.384 e. The number of benzene rings is 1. The molecule has 1 unspecified atom stereocenters. The fraction of sp³-hybridized carbons (Fsp3) is 0.571. The minimum absolute atomic E-state index is 0.194. The molecule has 1 fully saturated rings. The fourth-order valence-corrected chi connectivity index (χ4v) is 2.61. The lowest BCUT2D eigenvalue weighted by Gasteiger charge is -2.16. The Morgan fingerprint density at radius 2 is 2.17 bits per heavy atom. The Bertz CT molecular complexity index is 397. The van der Waals surface area contributed by atoms with Gasteiger partial charge in [-0.05, 0) is 42.1 Å². The molecule has 3 nitrogen and oxygen atoms in total. The summed E-state index contributed by atoms with van der Waals surface area (Å²) in [6, 6.07) is 5.09. The molecule has 2 N–H and O–H groups in total. The van der Waals surface area contributed by atoms with Gasteiger partial charge in [0.25, 0.3) is 0 Å².